The summed E-state index contributed by atoms with van der Waals surface area (Å²) in [4.78, 5) is 4.53. The van der Waals surface area contributed by atoms with Crippen molar-refractivity contribution in [1.29, 1.82) is 10.5 Å². The molecule has 0 amide bonds. The molecule has 1 fully saturated rings. The first-order valence-corrected chi connectivity index (χ1v) is 7.41. The van der Waals surface area contributed by atoms with Crippen LogP contribution in [0.3, 0.4) is 0 Å². The second-order valence-corrected chi connectivity index (χ2v) is 5.81. The van der Waals surface area contributed by atoms with Crippen molar-refractivity contribution in [2.45, 2.75) is 37.3 Å². The molecule has 5 heteroatoms. The van der Waals surface area contributed by atoms with E-state index in [4.69, 9.17) is 16.3 Å². The van der Waals surface area contributed by atoms with E-state index in [0.717, 1.165) is 25.7 Å². The topological polar surface area (TPSA) is 98.0 Å². The van der Waals surface area contributed by atoms with Gasteiger partial charge in [0.15, 0.2) is 5.57 Å². The number of benzene rings is 1. The van der Waals surface area contributed by atoms with Gasteiger partial charge in [0.2, 0.25) is 0 Å². The molecular weight excluding hydrogens is 274 g/mol. The zero-order chi connectivity index (χ0) is 15.6. The summed E-state index contributed by atoms with van der Waals surface area (Å²) in [5.41, 5.74) is 7.22. The number of allylic oxidation sites excluding steroid dienone is 1. The van der Waals surface area contributed by atoms with E-state index in [1.165, 1.54) is 5.56 Å². The Hall–Kier alpha value is -2.79. The van der Waals surface area contributed by atoms with Gasteiger partial charge in [-0.05, 0) is 37.2 Å². The SMILES string of the molecule is N#CC(C#N)=C1NC2(CCC(c3ccccc3)CC2)N=C1N. The van der Waals surface area contributed by atoms with Gasteiger partial charge >= 0.3 is 0 Å². The Morgan fingerprint density at radius 3 is 2.41 bits per heavy atom. The van der Waals surface area contributed by atoms with Crippen molar-refractivity contribution >= 4 is 5.84 Å². The predicted octanol–water partition coefficient (Wildman–Crippen LogP) is 2.30. The lowest BCUT2D eigenvalue weighted by Crippen LogP contribution is -2.42. The van der Waals surface area contributed by atoms with Gasteiger partial charge in [-0.25, -0.2) is 4.99 Å². The Morgan fingerprint density at radius 2 is 1.82 bits per heavy atom. The molecule has 2 aliphatic rings. The van der Waals surface area contributed by atoms with Crippen LogP contribution >= 0.6 is 0 Å². The first-order valence-electron chi connectivity index (χ1n) is 7.41. The van der Waals surface area contributed by atoms with Gasteiger partial charge in [-0.15, -0.1) is 0 Å². The molecule has 0 bridgehead atoms. The molecule has 1 heterocycles. The van der Waals surface area contributed by atoms with Crippen LogP contribution in [0.15, 0.2) is 46.6 Å². The molecule has 0 aromatic heterocycles. The van der Waals surface area contributed by atoms with E-state index in [0.29, 0.717) is 11.6 Å². The normalized spacial score (nSPS) is 26.7. The maximum atomic E-state index is 9.00. The molecule has 1 aliphatic heterocycles. The Bertz CT molecular complexity index is 694. The summed E-state index contributed by atoms with van der Waals surface area (Å²) in [5, 5.41) is 21.2. The Morgan fingerprint density at radius 1 is 1.18 bits per heavy atom. The highest BCUT2D eigenvalue weighted by molar-refractivity contribution is 6.00. The van der Waals surface area contributed by atoms with Crippen molar-refractivity contribution in [2.24, 2.45) is 10.7 Å². The second-order valence-electron chi connectivity index (χ2n) is 5.81. The van der Waals surface area contributed by atoms with Crippen LogP contribution in [0.1, 0.15) is 37.2 Å². The van der Waals surface area contributed by atoms with Gasteiger partial charge in [-0.2, -0.15) is 10.5 Å². The van der Waals surface area contributed by atoms with Crippen LogP contribution in [-0.2, 0) is 0 Å². The van der Waals surface area contributed by atoms with Crippen molar-refractivity contribution in [3.8, 4) is 12.1 Å². The molecule has 0 saturated heterocycles. The number of aliphatic imine (C=N–C) groups is 1. The number of rotatable bonds is 1. The van der Waals surface area contributed by atoms with Gasteiger partial charge in [0.05, 0.1) is 0 Å². The lowest BCUT2D eigenvalue weighted by Gasteiger charge is -2.35. The minimum absolute atomic E-state index is 0.00306. The monoisotopic (exact) mass is 291 g/mol. The number of amidine groups is 1. The molecule has 0 unspecified atom stereocenters. The molecule has 1 spiro atoms. The molecule has 110 valence electrons. The summed E-state index contributed by atoms with van der Waals surface area (Å²) in [7, 11) is 0. The lowest BCUT2D eigenvalue weighted by molar-refractivity contribution is 0.254. The van der Waals surface area contributed by atoms with E-state index in [1.54, 1.807) is 0 Å². The third-order valence-corrected chi connectivity index (χ3v) is 4.51. The number of nitriles is 2. The van der Waals surface area contributed by atoms with Crippen LogP contribution in [0.5, 0.6) is 0 Å². The molecule has 0 atom stereocenters. The Kier molecular flexibility index (Phi) is 3.56. The van der Waals surface area contributed by atoms with Gasteiger partial charge in [-0.1, -0.05) is 30.3 Å². The highest BCUT2D eigenvalue weighted by Gasteiger charge is 2.41. The lowest BCUT2D eigenvalue weighted by atomic mass is 9.79. The van der Waals surface area contributed by atoms with Crippen molar-refractivity contribution in [1.82, 2.24) is 5.32 Å². The van der Waals surface area contributed by atoms with Gasteiger partial charge in [0, 0.05) is 0 Å². The quantitative estimate of drug-likeness (QED) is 0.776. The summed E-state index contributed by atoms with van der Waals surface area (Å²) in [5.74, 6) is 0.806. The van der Waals surface area contributed by atoms with E-state index in [9.17, 15) is 0 Å². The van der Waals surface area contributed by atoms with Crippen LogP contribution in [0.2, 0.25) is 0 Å². The Labute approximate surface area is 129 Å². The van der Waals surface area contributed by atoms with Crippen LogP contribution in [0, 0.1) is 22.7 Å². The minimum atomic E-state index is -0.441. The highest BCUT2D eigenvalue weighted by Crippen LogP contribution is 2.41. The largest absolute Gasteiger partial charge is 0.382 e. The molecular formula is C17H17N5. The van der Waals surface area contributed by atoms with E-state index in [1.807, 2.05) is 18.2 Å². The number of nitrogens with two attached hydrogens (primary N) is 1. The van der Waals surface area contributed by atoms with Gasteiger partial charge < -0.3 is 11.1 Å². The smallest absolute Gasteiger partial charge is 0.156 e. The molecule has 1 aliphatic carbocycles. The van der Waals surface area contributed by atoms with E-state index in [2.05, 4.69) is 34.6 Å². The number of hydrogen-bond donors (Lipinski definition) is 2. The van der Waals surface area contributed by atoms with Crippen molar-refractivity contribution < 1.29 is 0 Å². The van der Waals surface area contributed by atoms with Crippen molar-refractivity contribution in [2.75, 3.05) is 0 Å². The van der Waals surface area contributed by atoms with Crippen molar-refractivity contribution in [3.05, 3.63) is 47.2 Å². The maximum absolute atomic E-state index is 9.00. The van der Waals surface area contributed by atoms with E-state index in [-0.39, 0.29) is 11.4 Å². The van der Waals surface area contributed by atoms with Crippen LogP contribution in [0.4, 0.5) is 0 Å². The molecule has 3 rings (SSSR count). The summed E-state index contributed by atoms with van der Waals surface area (Å²) in [6, 6.07) is 14.2. The number of nitrogens with one attached hydrogen (secondary N) is 1. The average Bonchev–Trinajstić information content (AvgIpc) is 2.87. The zero-order valence-electron chi connectivity index (χ0n) is 12.2. The van der Waals surface area contributed by atoms with E-state index >= 15 is 0 Å². The Balaban J connectivity index is 1.76. The minimum Gasteiger partial charge on any atom is -0.382 e. The third-order valence-electron chi connectivity index (χ3n) is 4.51. The molecule has 3 N–H and O–H groups in total. The third kappa shape index (κ3) is 2.42. The van der Waals surface area contributed by atoms with E-state index < -0.39 is 5.66 Å². The molecule has 1 aromatic carbocycles. The molecule has 1 saturated carbocycles. The molecule has 5 nitrogen and oxygen atoms in total. The standard InChI is InChI=1S/C17H17N5/c18-10-14(11-19)15-16(20)22-17(21-15)8-6-13(7-9-17)12-4-2-1-3-5-12/h1-5,13,21H,6-9H2,(H2,20,22). The zero-order valence-corrected chi connectivity index (χ0v) is 12.2. The fraction of sp³-hybridized carbons (Fsp3) is 0.353. The summed E-state index contributed by atoms with van der Waals surface area (Å²) in [6.45, 7) is 0. The summed E-state index contributed by atoms with van der Waals surface area (Å²) in [6.07, 6.45) is 3.72. The average molecular weight is 291 g/mol. The highest BCUT2D eigenvalue weighted by atomic mass is 15.2. The summed E-state index contributed by atoms with van der Waals surface area (Å²) >= 11 is 0. The first kappa shape index (κ1) is 14.2. The number of nitrogens with zero attached hydrogens (tertiary/aromatic N) is 3. The summed E-state index contributed by atoms with van der Waals surface area (Å²) < 4.78 is 0. The molecule has 22 heavy (non-hydrogen) atoms. The van der Waals surface area contributed by atoms with Gasteiger partial charge in [0.25, 0.3) is 0 Å². The maximum Gasteiger partial charge on any atom is 0.156 e. The van der Waals surface area contributed by atoms with Crippen molar-refractivity contribution in [3.63, 3.8) is 0 Å². The predicted molar refractivity (Wildman–Crippen MR) is 83.4 cm³/mol. The fourth-order valence-corrected chi connectivity index (χ4v) is 3.33. The molecule has 0 radical (unpaired) electrons. The second kappa shape index (κ2) is 5.54. The van der Waals surface area contributed by atoms with Gasteiger partial charge in [0.1, 0.15) is 29.3 Å². The van der Waals surface area contributed by atoms with Crippen LogP contribution < -0.4 is 11.1 Å². The van der Waals surface area contributed by atoms with Gasteiger partial charge in [-0.3, -0.25) is 0 Å². The van der Waals surface area contributed by atoms with Crippen LogP contribution in [-0.4, -0.2) is 11.5 Å². The first-order chi connectivity index (χ1) is 10.7. The number of hydrogen-bond acceptors (Lipinski definition) is 5. The fourth-order valence-electron chi connectivity index (χ4n) is 3.33. The molecule has 1 aromatic rings. The van der Waals surface area contributed by atoms with Crippen LogP contribution in [0.25, 0.3) is 0 Å².